The van der Waals surface area contributed by atoms with Crippen molar-refractivity contribution in [3.05, 3.63) is 59.8 Å². The Labute approximate surface area is 175 Å². The first-order valence-electron chi connectivity index (χ1n) is 9.03. The minimum Gasteiger partial charge on any atom is -0.262 e. The first-order valence-corrected chi connectivity index (χ1v) is 10.6. The number of halogens is 5. The smallest absolute Gasteiger partial charge is 0.262 e. The van der Waals surface area contributed by atoms with Gasteiger partial charge in [-0.15, -0.1) is 0 Å². The van der Waals surface area contributed by atoms with E-state index in [-0.39, 0.29) is 33.8 Å². The number of primary sulfonamides is 1. The Morgan fingerprint density at radius 3 is 1.90 bits per heavy atom. The highest BCUT2D eigenvalue weighted by Gasteiger charge is 2.62. The maximum absolute atomic E-state index is 14.6. The van der Waals surface area contributed by atoms with E-state index < -0.39 is 27.8 Å². The summed E-state index contributed by atoms with van der Waals surface area (Å²) < 4.78 is 92.7. The number of benzene rings is 2. The third-order valence-corrected chi connectivity index (χ3v) is 5.63. The zero-order chi connectivity index (χ0) is 23.2. The third-order valence-electron chi connectivity index (χ3n) is 4.70. The number of aryl methyl sites for hydroxylation is 2. The zero-order valence-corrected chi connectivity index (χ0v) is 17.2. The summed E-state index contributed by atoms with van der Waals surface area (Å²) >= 11 is 0. The van der Waals surface area contributed by atoms with E-state index in [0.29, 0.717) is 4.68 Å². The van der Waals surface area contributed by atoms with Gasteiger partial charge in [0.25, 0.3) is 0 Å². The Balaban J connectivity index is 2.36. The first kappa shape index (κ1) is 22.9. The van der Waals surface area contributed by atoms with Crippen molar-refractivity contribution in [1.82, 2.24) is 9.78 Å². The van der Waals surface area contributed by atoms with Gasteiger partial charge in [-0.2, -0.15) is 27.1 Å². The highest BCUT2D eigenvalue weighted by Crippen LogP contribution is 2.49. The fourth-order valence-corrected chi connectivity index (χ4v) is 3.66. The highest BCUT2D eigenvalue weighted by molar-refractivity contribution is 7.89. The van der Waals surface area contributed by atoms with E-state index in [1.54, 1.807) is 19.1 Å². The normalized spacial score (nSPS) is 12.9. The van der Waals surface area contributed by atoms with Gasteiger partial charge in [-0.3, -0.25) is 4.68 Å². The summed E-state index contributed by atoms with van der Waals surface area (Å²) in [6.45, 7) is 2.91. The molecule has 0 saturated carbocycles. The molecule has 0 spiro atoms. The SMILES string of the molecule is CCn1nc(-c2ccc(S(N)(=O)=O)cc2)c(-c2ccc(C)cc2)c1C(F)(F)C(F)(F)F. The molecule has 3 aromatic rings. The summed E-state index contributed by atoms with van der Waals surface area (Å²) in [6.07, 6.45) is -5.84. The second kappa shape index (κ2) is 7.72. The van der Waals surface area contributed by atoms with Crippen molar-refractivity contribution >= 4 is 10.0 Å². The van der Waals surface area contributed by atoms with Gasteiger partial charge in [0.15, 0.2) is 0 Å². The predicted molar refractivity (Wildman–Crippen MR) is 105 cm³/mol. The monoisotopic (exact) mass is 459 g/mol. The van der Waals surface area contributed by atoms with Crippen molar-refractivity contribution in [2.24, 2.45) is 5.14 Å². The number of rotatable bonds is 5. The average molecular weight is 459 g/mol. The molecule has 31 heavy (non-hydrogen) atoms. The number of sulfonamides is 1. The molecule has 0 unspecified atom stereocenters. The van der Waals surface area contributed by atoms with E-state index >= 15 is 0 Å². The molecule has 5 nitrogen and oxygen atoms in total. The van der Waals surface area contributed by atoms with Gasteiger partial charge in [0.2, 0.25) is 10.0 Å². The molecule has 1 aromatic heterocycles. The van der Waals surface area contributed by atoms with Crippen molar-refractivity contribution in [2.45, 2.75) is 37.4 Å². The standard InChI is InChI=1S/C20H18F5N3O2S/c1-3-28-18(19(21,22)20(23,24)25)16(13-6-4-12(2)5-7-13)17(27-28)14-8-10-15(11-9-14)31(26,29)30/h4-11H,3H2,1-2H3,(H2,26,29,30). The van der Waals surface area contributed by atoms with E-state index in [1.165, 1.54) is 31.2 Å². The summed E-state index contributed by atoms with van der Waals surface area (Å²) in [6, 6.07) is 10.8. The lowest BCUT2D eigenvalue weighted by Gasteiger charge is -2.22. The van der Waals surface area contributed by atoms with Crippen molar-refractivity contribution < 1.29 is 30.4 Å². The van der Waals surface area contributed by atoms with Crippen LogP contribution < -0.4 is 5.14 Å². The van der Waals surface area contributed by atoms with Gasteiger partial charge in [0, 0.05) is 17.7 Å². The van der Waals surface area contributed by atoms with Crippen LogP contribution in [0.25, 0.3) is 22.4 Å². The van der Waals surface area contributed by atoms with E-state index in [0.717, 1.165) is 17.7 Å². The summed E-state index contributed by atoms with van der Waals surface area (Å²) in [5.74, 6) is -5.17. The van der Waals surface area contributed by atoms with Crippen LogP contribution >= 0.6 is 0 Å². The molecule has 1 heterocycles. The average Bonchev–Trinajstić information content (AvgIpc) is 3.07. The number of hydrogen-bond acceptors (Lipinski definition) is 3. The van der Waals surface area contributed by atoms with Crippen molar-refractivity contribution in [1.29, 1.82) is 0 Å². The lowest BCUT2D eigenvalue weighted by molar-refractivity contribution is -0.291. The topological polar surface area (TPSA) is 78.0 Å². The van der Waals surface area contributed by atoms with E-state index in [4.69, 9.17) is 5.14 Å². The molecular weight excluding hydrogens is 441 g/mol. The van der Waals surface area contributed by atoms with Crippen molar-refractivity contribution in [2.75, 3.05) is 0 Å². The highest BCUT2D eigenvalue weighted by atomic mass is 32.2. The van der Waals surface area contributed by atoms with E-state index in [1.807, 2.05) is 0 Å². The van der Waals surface area contributed by atoms with Crippen LogP contribution in [0.3, 0.4) is 0 Å². The largest absolute Gasteiger partial charge is 0.459 e. The van der Waals surface area contributed by atoms with Gasteiger partial charge < -0.3 is 0 Å². The van der Waals surface area contributed by atoms with Gasteiger partial charge in [0.05, 0.1) is 4.90 Å². The van der Waals surface area contributed by atoms with Crippen LogP contribution in [-0.2, 0) is 22.5 Å². The summed E-state index contributed by atoms with van der Waals surface area (Å²) in [5, 5.41) is 9.09. The summed E-state index contributed by atoms with van der Waals surface area (Å²) in [7, 11) is -4.01. The lowest BCUT2D eigenvalue weighted by atomic mass is 9.95. The Bertz CT molecular complexity index is 1200. The van der Waals surface area contributed by atoms with E-state index in [2.05, 4.69) is 5.10 Å². The van der Waals surface area contributed by atoms with Gasteiger partial charge in [-0.1, -0.05) is 42.0 Å². The zero-order valence-electron chi connectivity index (χ0n) is 16.4. The molecule has 11 heteroatoms. The molecule has 0 aliphatic carbocycles. The Hall–Kier alpha value is -2.79. The van der Waals surface area contributed by atoms with Crippen LogP contribution in [0.2, 0.25) is 0 Å². The molecule has 166 valence electrons. The van der Waals surface area contributed by atoms with Gasteiger partial charge in [-0.05, 0) is 31.5 Å². The predicted octanol–water partition coefficient (Wildman–Crippen LogP) is 4.85. The molecule has 0 fully saturated rings. The van der Waals surface area contributed by atoms with Crippen molar-refractivity contribution in [3.8, 4) is 22.4 Å². The molecule has 0 radical (unpaired) electrons. The summed E-state index contributed by atoms with van der Waals surface area (Å²) in [4.78, 5) is -0.232. The van der Waals surface area contributed by atoms with Crippen LogP contribution in [-0.4, -0.2) is 24.4 Å². The minimum atomic E-state index is -5.84. The fraction of sp³-hybridized carbons (Fsp3) is 0.250. The minimum absolute atomic E-state index is 0.120. The van der Waals surface area contributed by atoms with Crippen LogP contribution in [0.1, 0.15) is 18.2 Å². The van der Waals surface area contributed by atoms with E-state index in [9.17, 15) is 30.4 Å². The Morgan fingerprint density at radius 2 is 1.45 bits per heavy atom. The number of aromatic nitrogens is 2. The second-order valence-corrected chi connectivity index (χ2v) is 8.46. The molecule has 0 amide bonds. The second-order valence-electron chi connectivity index (χ2n) is 6.90. The lowest BCUT2D eigenvalue weighted by Crippen LogP contribution is -2.36. The number of hydrogen-bond donors (Lipinski definition) is 1. The molecule has 0 saturated heterocycles. The summed E-state index contributed by atoms with van der Waals surface area (Å²) in [5.41, 5.74) is -0.728. The quantitative estimate of drug-likeness (QED) is 0.555. The van der Waals surface area contributed by atoms with Crippen LogP contribution in [0.5, 0.6) is 0 Å². The molecule has 0 aliphatic rings. The number of nitrogens with zero attached hydrogens (tertiary/aromatic N) is 2. The van der Waals surface area contributed by atoms with Gasteiger partial charge in [-0.25, -0.2) is 13.6 Å². The number of nitrogens with two attached hydrogens (primary N) is 1. The third kappa shape index (κ3) is 4.19. The van der Waals surface area contributed by atoms with Gasteiger partial charge >= 0.3 is 12.1 Å². The molecule has 2 N–H and O–H groups in total. The molecular formula is C20H18F5N3O2S. The molecule has 0 atom stereocenters. The Morgan fingerprint density at radius 1 is 0.935 bits per heavy atom. The van der Waals surface area contributed by atoms with Crippen molar-refractivity contribution in [3.63, 3.8) is 0 Å². The molecule has 0 bridgehead atoms. The Kier molecular flexibility index (Phi) is 5.70. The van der Waals surface area contributed by atoms with Crippen LogP contribution in [0.4, 0.5) is 22.0 Å². The first-order chi connectivity index (χ1) is 14.3. The van der Waals surface area contributed by atoms with Crippen LogP contribution in [0, 0.1) is 6.92 Å². The molecule has 3 rings (SSSR count). The number of alkyl halides is 5. The maximum atomic E-state index is 14.6. The fourth-order valence-electron chi connectivity index (χ4n) is 3.14. The molecule has 0 aliphatic heterocycles. The maximum Gasteiger partial charge on any atom is 0.459 e. The van der Waals surface area contributed by atoms with Gasteiger partial charge in [0.1, 0.15) is 11.4 Å². The molecule has 2 aromatic carbocycles. The van der Waals surface area contributed by atoms with Crippen LogP contribution in [0.15, 0.2) is 53.4 Å².